The van der Waals surface area contributed by atoms with Gasteiger partial charge < -0.3 is 0 Å². The van der Waals surface area contributed by atoms with Crippen molar-refractivity contribution in [2.75, 3.05) is 0 Å². The summed E-state index contributed by atoms with van der Waals surface area (Å²) >= 11 is 0. The molecule has 0 heterocycles. The molecule has 0 amide bonds. The van der Waals surface area contributed by atoms with Crippen LogP contribution in [0.25, 0.3) is 0 Å². The van der Waals surface area contributed by atoms with Crippen LogP contribution in [0.15, 0.2) is 22.3 Å². The van der Waals surface area contributed by atoms with Crippen molar-refractivity contribution >= 4 is 0 Å². The summed E-state index contributed by atoms with van der Waals surface area (Å²) in [6.07, 6.45) is 3.59. The van der Waals surface area contributed by atoms with Crippen molar-refractivity contribution in [3.63, 3.8) is 0 Å². The Balaban J connectivity index is 0. The van der Waals surface area contributed by atoms with Crippen LogP contribution in [-0.4, -0.2) is 0 Å². The van der Waals surface area contributed by atoms with E-state index in [9.17, 15) is 0 Å². The maximum Gasteiger partial charge on any atom is 0 e. The van der Waals surface area contributed by atoms with Crippen LogP contribution in [0.2, 0.25) is 0 Å². The molecule has 1 heteroatoms. The van der Waals surface area contributed by atoms with Gasteiger partial charge in [-0.05, 0) is 41.2 Å². The van der Waals surface area contributed by atoms with Crippen molar-refractivity contribution in [1.29, 1.82) is 0 Å². The summed E-state index contributed by atoms with van der Waals surface area (Å²) in [7, 11) is 0. The van der Waals surface area contributed by atoms with Crippen LogP contribution in [0.4, 0.5) is 0 Å². The molecule has 118 valence electrons. The fourth-order valence-corrected chi connectivity index (χ4v) is 3.04. The van der Waals surface area contributed by atoms with Crippen LogP contribution in [0, 0.1) is 10.8 Å². The van der Waals surface area contributed by atoms with Gasteiger partial charge in [-0.2, -0.15) is 0 Å². The van der Waals surface area contributed by atoms with E-state index < -0.39 is 0 Å². The molecule has 0 aromatic carbocycles. The van der Waals surface area contributed by atoms with Gasteiger partial charge in [-0.3, -0.25) is 0 Å². The van der Waals surface area contributed by atoms with E-state index >= 15 is 0 Å². The Morgan fingerprint density at radius 3 is 1.10 bits per heavy atom. The van der Waals surface area contributed by atoms with E-state index in [-0.39, 0.29) is 21.1 Å². The summed E-state index contributed by atoms with van der Waals surface area (Å²) in [5, 5.41) is 0. The fraction of sp³-hybridized carbons (Fsp3) is 0.789. The average molecular weight is 448 g/mol. The molecular formula is C19H36W. The standard InChI is InChI=1S/C17H30.C2H6.W/c1-9-12-13(10-2)15(17(6,7)8)11-14(12)16(3,4)5;1-2;/h9-11H2,1-8H3;1-2H3;. The first-order chi connectivity index (χ1) is 8.62. The second-order valence-corrected chi connectivity index (χ2v) is 7.30. The summed E-state index contributed by atoms with van der Waals surface area (Å²) in [6.45, 7) is 22.8. The first-order valence-corrected chi connectivity index (χ1v) is 8.08. The first-order valence-electron chi connectivity index (χ1n) is 8.08. The van der Waals surface area contributed by atoms with Gasteiger partial charge in [0.15, 0.2) is 0 Å². The first kappa shape index (κ1) is 22.4. The third kappa shape index (κ3) is 5.18. The van der Waals surface area contributed by atoms with Gasteiger partial charge in [0.1, 0.15) is 0 Å². The Bertz CT molecular complexity index is 320. The van der Waals surface area contributed by atoms with Crippen molar-refractivity contribution in [1.82, 2.24) is 0 Å². The quantitative estimate of drug-likeness (QED) is 0.430. The maximum absolute atomic E-state index is 2.36. The molecule has 1 aliphatic carbocycles. The van der Waals surface area contributed by atoms with Crippen LogP contribution in [0.5, 0.6) is 0 Å². The molecule has 0 N–H and O–H groups in total. The molecule has 20 heavy (non-hydrogen) atoms. The second-order valence-electron chi connectivity index (χ2n) is 7.30. The van der Waals surface area contributed by atoms with Gasteiger partial charge in [-0.15, -0.1) is 0 Å². The molecule has 0 unspecified atom stereocenters. The number of hydrogen-bond donors (Lipinski definition) is 0. The number of allylic oxidation sites excluding steroid dienone is 4. The fourth-order valence-electron chi connectivity index (χ4n) is 3.04. The van der Waals surface area contributed by atoms with E-state index in [0.717, 1.165) is 0 Å². The SMILES string of the molecule is CC.CCC1=C(C(C)(C)C)CC(C(C)(C)C)=C1CC.[W]. The van der Waals surface area contributed by atoms with E-state index in [1.807, 2.05) is 13.8 Å². The largest absolute Gasteiger partial charge is 0.0683 e. The smallest absolute Gasteiger partial charge is 0 e. The van der Waals surface area contributed by atoms with Gasteiger partial charge in [-0.25, -0.2) is 0 Å². The second kappa shape index (κ2) is 8.57. The minimum Gasteiger partial charge on any atom is -0.0683 e. The van der Waals surface area contributed by atoms with Gasteiger partial charge >= 0.3 is 0 Å². The van der Waals surface area contributed by atoms with Gasteiger partial charge in [0.25, 0.3) is 0 Å². The van der Waals surface area contributed by atoms with Crippen molar-refractivity contribution in [2.24, 2.45) is 10.8 Å². The monoisotopic (exact) mass is 448 g/mol. The molecule has 1 aliphatic rings. The van der Waals surface area contributed by atoms with E-state index in [2.05, 4.69) is 55.4 Å². The topological polar surface area (TPSA) is 0 Å². The van der Waals surface area contributed by atoms with Crippen LogP contribution in [-0.2, 0) is 21.1 Å². The van der Waals surface area contributed by atoms with E-state index in [4.69, 9.17) is 0 Å². The van der Waals surface area contributed by atoms with Crippen molar-refractivity contribution < 1.29 is 21.1 Å². The maximum atomic E-state index is 2.36. The predicted octanol–water partition coefficient (Wildman–Crippen LogP) is 6.92. The zero-order chi connectivity index (χ0) is 15.4. The summed E-state index contributed by atoms with van der Waals surface area (Å²) in [5.41, 5.74) is 7.32. The Morgan fingerprint density at radius 1 is 0.700 bits per heavy atom. The third-order valence-corrected chi connectivity index (χ3v) is 3.96. The molecule has 0 nitrogen and oxygen atoms in total. The molecule has 0 radical (unpaired) electrons. The van der Waals surface area contributed by atoms with Crippen molar-refractivity contribution in [2.45, 2.75) is 88.5 Å². The Labute approximate surface area is 142 Å². The molecule has 0 aromatic rings. The Kier molecular flexibility index (Phi) is 9.62. The molecule has 0 saturated carbocycles. The van der Waals surface area contributed by atoms with Crippen LogP contribution >= 0.6 is 0 Å². The average Bonchev–Trinajstić information content (AvgIpc) is 2.69. The minimum atomic E-state index is 0. The number of rotatable bonds is 2. The minimum absolute atomic E-state index is 0. The zero-order valence-electron chi connectivity index (χ0n) is 15.5. The molecule has 0 aromatic heterocycles. The molecule has 0 bridgehead atoms. The molecule has 0 atom stereocenters. The predicted molar refractivity (Wildman–Crippen MR) is 89.5 cm³/mol. The van der Waals surface area contributed by atoms with E-state index in [1.165, 1.54) is 19.3 Å². The van der Waals surface area contributed by atoms with Gasteiger partial charge in [-0.1, -0.05) is 80.4 Å². The van der Waals surface area contributed by atoms with Crippen molar-refractivity contribution in [3.05, 3.63) is 22.3 Å². The molecule has 0 spiro atoms. The summed E-state index contributed by atoms with van der Waals surface area (Å²) < 4.78 is 0. The van der Waals surface area contributed by atoms with Crippen LogP contribution in [0.3, 0.4) is 0 Å². The summed E-state index contributed by atoms with van der Waals surface area (Å²) in [6, 6.07) is 0. The Hall–Kier alpha value is 0.168. The van der Waals surface area contributed by atoms with Gasteiger partial charge in [0, 0.05) is 21.1 Å². The van der Waals surface area contributed by atoms with Crippen LogP contribution < -0.4 is 0 Å². The summed E-state index contributed by atoms with van der Waals surface area (Å²) in [5.74, 6) is 0. The van der Waals surface area contributed by atoms with Gasteiger partial charge in [0.2, 0.25) is 0 Å². The van der Waals surface area contributed by atoms with E-state index in [1.54, 1.807) is 22.3 Å². The van der Waals surface area contributed by atoms with Crippen LogP contribution in [0.1, 0.15) is 88.5 Å². The van der Waals surface area contributed by atoms with Crippen molar-refractivity contribution in [3.8, 4) is 0 Å². The normalized spacial score (nSPS) is 15.9. The molecule has 0 aliphatic heterocycles. The Morgan fingerprint density at radius 2 is 0.950 bits per heavy atom. The summed E-state index contributed by atoms with van der Waals surface area (Å²) in [4.78, 5) is 0. The molecule has 1 rings (SSSR count). The third-order valence-electron chi connectivity index (χ3n) is 3.96. The van der Waals surface area contributed by atoms with Gasteiger partial charge in [0.05, 0.1) is 0 Å². The molecule has 0 fully saturated rings. The zero-order valence-corrected chi connectivity index (χ0v) is 18.5. The van der Waals surface area contributed by atoms with E-state index in [0.29, 0.717) is 10.8 Å². The number of hydrogen-bond acceptors (Lipinski definition) is 0. The molecule has 0 saturated heterocycles. The molecular weight excluding hydrogens is 412 g/mol.